The summed E-state index contributed by atoms with van der Waals surface area (Å²) >= 11 is 2.29. The molecule has 76 valence electrons. The minimum atomic E-state index is 1.01. The number of para-hydroxylation sites is 1. The highest BCUT2D eigenvalue weighted by atomic mass is 127. The zero-order valence-corrected chi connectivity index (χ0v) is 10.5. The summed E-state index contributed by atoms with van der Waals surface area (Å²) in [4.78, 5) is 4.46. The number of nitrogens with zero attached hydrogens (tertiary/aromatic N) is 2. The van der Waals surface area contributed by atoms with Crippen molar-refractivity contribution >= 4 is 34.5 Å². The van der Waals surface area contributed by atoms with Crippen LogP contribution in [0.4, 0.5) is 5.69 Å². The number of aromatic nitrogens is 1. The Bertz CT molecular complexity index is 486. The van der Waals surface area contributed by atoms with Gasteiger partial charge in [-0.05, 0) is 46.9 Å². The van der Waals surface area contributed by atoms with Crippen molar-refractivity contribution in [3.8, 4) is 0 Å². The molecule has 0 fully saturated rings. The van der Waals surface area contributed by atoms with Crippen LogP contribution in [0.25, 0.3) is 0 Å². The van der Waals surface area contributed by atoms with Gasteiger partial charge in [0.05, 0.1) is 17.6 Å². The van der Waals surface area contributed by atoms with Crippen LogP contribution in [0.3, 0.4) is 0 Å². The molecule has 0 saturated carbocycles. The van der Waals surface area contributed by atoms with Gasteiger partial charge in [0.2, 0.25) is 0 Å². The predicted octanol–water partition coefficient (Wildman–Crippen LogP) is 3.38. The fraction of sp³-hybridized carbons (Fsp3) is 0.0833. The molecule has 15 heavy (non-hydrogen) atoms. The molecule has 0 aliphatic heterocycles. The Balaban J connectivity index is 2.26. The van der Waals surface area contributed by atoms with Gasteiger partial charge >= 0.3 is 0 Å². The van der Waals surface area contributed by atoms with Crippen molar-refractivity contribution in [2.75, 3.05) is 0 Å². The van der Waals surface area contributed by atoms with Crippen molar-refractivity contribution in [3.63, 3.8) is 0 Å². The van der Waals surface area contributed by atoms with E-state index in [0.717, 1.165) is 11.4 Å². The van der Waals surface area contributed by atoms with Gasteiger partial charge in [-0.15, -0.1) is 0 Å². The molecule has 1 heterocycles. The number of benzene rings is 1. The highest BCUT2D eigenvalue weighted by Crippen LogP contribution is 2.19. The van der Waals surface area contributed by atoms with Gasteiger partial charge in [0.1, 0.15) is 0 Å². The van der Waals surface area contributed by atoms with Gasteiger partial charge in [-0.2, -0.15) is 0 Å². The van der Waals surface area contributed by atoms with Gasteiger partial charge in [0, 0.05) is 16.8 Å². The van der Waals surface area contributed by atoms with Crippen LogP contribution in [0.5, 0.6) is 0 Å². The van der Waals surface area contributed by atoms with E-state index in [1.54, 1.807) is 0 Å². The minimum Gasteiger partial charge on any atom is -0.350 e. The van der Waals surface area contributed by atoms with Crippen LogP contribution < -0.4 is 0 Å². The molecule has 0 amide bonds. The molecule has 0 atom stereocenters. The average Bonchev–Trinajstić information content (AvgIpc) is 2.63. The fourth-order valence-corrected chi connectivity index (χ4v) is 1.83. The van der Waals surface area contributed by atoms with E-state index in [0.29, 0.717) is 0 Å². The number of aliphatic imine (C=N–C) groups is 1. The number of aryl methyl sites for hydroxylation is 1. The van der Waals surface area contributed by atoms with Crippen molar-refractivity contribution in [2.24, 2.45) is 12.0 Å². The predicted molar refractivity (Wildman–Crippen MR) is 71.8 cm³/mol. The molecule has 2 nitrogen and oxygen atoms in total. The topological polar surface area (TPSA) is 17.3 Å². The smallest absolute Gasteiger partial charge is 0.0763 e. The van der Waals surface area contributed by atoms with Gasteiger partial charge in [0.25, 0.3) is 0 Å². The van der Waals surface area contributed by atoms with Crippen LogP contribution in [0.2, 0.25) is 0 Å². The van der Waals surface area contributed by atoms with Crippen LogP contribution in [0, 0.1) is 3.57 Å². The SMILES string of the molecule is Cn1cccc1C=Nc1ccccc1I. The lowest BCUT2D eigenvalue weighted by Crippen LogP contribution is -1.92. The molecule has 2 rings (SSSR count). The highest BCUT2D eigenvalue weighted by molar-refractivity contribution is 14.1. The first-order chi connectivity index (χ1) is 7.27. The zero-order chi connectivity index (χ0) is 10.7. The Labute approximate surface area is 103 Å². The number of hydrogen-bond donors (Lipinski definition) is 0. The number of halogens is 1. The van der Waals surface area contributed by atoms with Gasteiger partial charge in [-0.25, -0.2) is 0 Å². The van der Waals surface area contributed by atoms with E-state index >= 15 is 0 Å². The van der Waals surface area contributed by atoms with Crippen molar-refractivity contribution in [1.29, 1.82) is 0 Å². The second-order valence-electron chi connectivity index (χ2n) is 3.25. The molecule has 1 aromatic carbocycles. The molecule has 0 radical (unpaired) electrons. The summed E-state index contributed by atoms with van der Waals surface area (Å²) in [6.07, 6.45) is 3.90. The Morgan fingerprint density at radius 1 is 1.20 bits per heavy atom. The first-order valence-electron chi connectivity index (χ1n) is 4.67. The molecule has 0 bridgehead atoms. The first-order valence-corrected chi connectivity index (χ1v) is 5.75. The Morgan fingerprint density at radius 3 is 2.67 bits per heavy atom. The van der Waals surface area contributed by atoms with E-state index < -0.39 is 0 Å². The lowest BCUT2D eigenvalue weighted by molar-refractivity contribution is 0.918. The molecule has 0 saturated heterocycles. The van der Waals surface area contributed by atoms with Crippen LogP contribution in [0.1, 0.15) is 5.69 Å². The maximum Gasteiger partial charge on any atom is 0.0763 e. The Hall–Kier alpha value is -1.10. The zero-order valence-electron chi connectivity index (χ0n) is 8.39. The summed E-state index contributed by atoms with van der Waals surface area (Å²) < 4.78 is 3.21. The number of hydrogen-bond acceptors (Lipinski definition) is 1. The van der Waals surface area contributed by atoms with Gasteiger partial charge in [-0.3, -0.25) is 4.99 Å². The molecular weight excluding hydrogens is 299 g/mol. The van der Waals surface area contributed by atoms with Crippen LogP contribution in [0.15, 0.2) is 47.6 Å². The van der Waals surface area contributed by atoms with Gasteiger partial charge < -0.3 is 4.57 Å². The Morgan fingerprint density at radius 2 is 2.00 bits per heavy atom. The largest absolute Gasteiger partial charge is 0.350 e. The van der Waals surface area contributed by atoms with Gasteiger partial charge in [-0.1, -0.05) is 12.1 Å². The van der Waals surface area contributed by atoms with Crippen molar-refractivity contribution < 1.29 is 0 Å². The third kappa shape index (κ3) is 2.47. The summed E-state index contributed by atoms with van der Waals surface area (Å²) in [6.45, 7) is 0. The maximum absolute atomic E-state index is 4.46. The molecule has 3 heteroatoms. The highest BCUT2D eigenvalue weighted by Gasteiger charge is 1.95. The van der Waals surface area contributed by atoms with Crippen molar-refractivity contribution in [3.05, 3.63) is 51.9 Å². The lowest BCUT2D eigenvalue weighted by Gasteiger charge is -1.98. The molecule has 0 spiro atoms. The normalized spacial score (nSPS) is 11.1. The van der Waals surface area contributed by atoms with Crippen LogP contribution in [-0.4, -0.2) is 10.8 Å². The maximum atomic E-state index is 4.46. The summed E-state index contributed by atoms with van der Waals surface area (Å²) in [5, 5.41) is 0. The minimum absolute atomic E-state index is 1.01. The second-order valence-corrected chi connectivity index (χ2v) is 4.42. The van der Waals surface area contributed by atoms with Crippen molar-refractivity contribution in [1.82, 2.24) is 4.57 Å². The second kappa shape index (κ2) is 4.61. The summed E-state index contributed by atoms with van der Waals surface area (Å²) in [6, 6.07) is 12.1. The standard InChI is InChI=1S/C12H11IN2/c1-15-8-4-5-10(15)9-14-12-7-3-2-6-11(12)13/h2-9H,1H3. The average molecular weight is 310 g/mol. The third-order valence-electron chi connectivity index (χ3n) is 2.17. The summed E-state index contributed by atoms with van der Waals surface area (Å²) in [5.41, 5.74) is 2.12. The van der Waals surface area contributed by atoms with E-state index in [9.17, 15) is 0 Å². The monoisotopic (exact) mass is 310 g/mol. The van der Waals surface area contributed by atoms with E-state index in [1.165, 1.54) is 3.57 Å². The summed E-state index contributed by atoms with van der Waals surface area (Å²) in [5.74, 6) is 0. The molecule has 0 aliphatic rings. The first kappa shape index (κ1) is 10.4. The van der Waals surface area contributed by atoms with E-state index in [2.05, 4.69) is 33.6 Å². The van der Waals surface area contributed by atoms with E-state index in [1.807, 2.05) is 54.4 Å². The fourth-order valence-electron chi connectivity index (χ4n) is 1.30. The quantitative estimate of drug-likeness (QED) is 0.598. The molecular formula is C12H11IN2. The van der Waals surface area contributed by atoms with Crippen LogP contribution in [-0.2, 0) is 7.05 Å². The Kier molecular flexibility index (Phi) is 3.20. The molecule has 2 aromatic rings. The van der Waals surface area contributed by atoms with E-state index in [-0.39, 0.29) is 0 Å². The summed E-state index contributed by atoms with van der Waals surface area (Å²) in [7, 11) is 2.01. The molecule has 0 unspecified atom stereocenters. The lowest BCUT2D eigenvalue weighted by atomic mass is 10.3. The molecule has 0 aliphatic carbocycles. The van der Waals surface area contributed by atoms with Crippen molar-refractivity contribution in [2.45, 2.75) is 0 Å². The van der Waals surface area contributed by atoms with E-state index in [4.69, 9.17) is 0 Å². The number of rotatable bonds is 2. The molecule has 1 aromatic heterocycles. The molecule has 0 N–H and O–H groups in total. The van der Waals surface area contributed by atoms with Gasteiger partial charge in [0.15, 0.2) is 0 Å². The van der Waals surface area contributed by atoms with Crippen LogP contribution >= 0.6 is 22.6 Å². The third-order valence-corrected chi connectivity index (χ3v) is 3.08.